The fourth-order valence-corrected chi connectivity index (χ4v) is 0.955. The summed E-state index contributed by atoms with van der Waals surface area (Å²) in [5, 5.41) is 11.4. The van der Waals surface area contributed by atoms with Crippen molar-refractivity contribution in [2.45, 2.75) is 32.6 Å². The Bertz CT molecular complexity index is 237. The van der Waals surface area contributed by atoms with E-state index in [0.29, 0.717) is 0 Å². The van der Waals surface area contributed by atoms with Gasteiger partial charge in [-0.2, -0.15) is 0 Å². The number of nitrogens with zero attached hydrogens (tertiary/aromatic N) is 4. The van der Waals surface area contributed by atoms with Crippen LogP contribution in [0.2, 0.25) is 0 Å². The van der Waals surface area contributed by atoms with Gasteiger partial charge in [-0.3, -0.25) is 0 Å². The zero-order valence-corrected chi connectivity index (χ0v) is 7.50. The Morgan fingerprint density at radius 3 is 2.45 bits per heavy atom. The normalized spacial score (nSPS) is 11.9. The van der Waals surface area contributed by atoms with Crippen LogP contribution in [0.15, 0.2) is 0 Å². The first-order chi connectivity index (χ1) is 5.05. The predicted molar refractivity (Wildman–Crippen MR) is 45.1 cm³/mol. The summed E-state index contributed by atoms with van der Waals surface area (Å²) in [6.45, 7) is 6.31. The molecule has 0 radical (unpaired) electrons. The van der Waals surface area contributed by atoms with Gasteiger partial charge in [-0.1, -0.05) is 20.8 Å². The molecular weight excluding hydrogens is 139 g/mol. The second-order valence-electron chi connectivity index (χ2n) is 3.57. The van der Waals surface area contributed by atoms with Gasteiger partial charge in [0.1, 0.15) is 7.85 Å². The molecule has 0 aliphatic carbocycles. The second kappa shape index (κ2) is 2.64. The molecule has 0 aliphatic rings. The molecule has 0 amide bonds. The first kappa shape index (κ1) is 8.23. The minimum Gasteiger partial charge on any atom is -0.237 e. The minimum atomic E-state index is 0.0412. The average molecular weight is 152 g/mol. The molecule has 0 spiro atoms. The van der Waals surface area contributed by atoms with Gasteiger partial charge in [0.15, 0.2) is 5.82 Å². The number of tetrazole rings is 1. The van der Waals surface area contributed by atoms with E-state index in [4.69, 9.17) is 0 Å². The van der Waals surface area contributed by atoms with Gasteiger partial charge in [0.2, 0.25) is 0 Å². The van der Waals surface area contributed by atoms with E-state index in [1.54, 1.807) is 0 Å². The van der Waals surface area contributed by atoms with E-state index in [0.717, 1.165) is 12.3 Å². The molecule has 0 aliphatic heterocycles. The number of rotatable bonds is 1. The van der Waals surface area contributed by atoms with E-state index >= 15 is 0 Å². The Balaban J connectivity index is 3.02. The first-order valence-electron chi connectivity index (χ1n) is 3.82. The van der Waals surface area contributed by atoms with Crippen molar-refractivity contribution in [1.29, 1.82) is 0 Å². The molecule has 60 valence electrons. The van der Waals surface area contributed by atoms with Gasteiger partial charge in [0.25, 0.3) is 0 Å². The van der Waals surface area contributed by atoms with Crippen LogP contribution in [-0.2, 0) is 11.9 Å². The van der Waals surface area contributed by atoms with Gasteiger partial charge in [0.05, 0.1) is 0 Å². The summed E-state index contributed by atoms with van der Waals surface area (Å²) in [5.74, 6) is 0.944. The van der Waals surface area contributed by atoms with Crippen molar-refractivity contribution in [2.24, 2.45) is 0 Å². The summed E-state index contributed by atoms with van der Waals surface area (Å²) >= 11 is 0. The molecule has 0 unspecified atom stereocenters. The number of hydrogen-bond acceptors (Lipinski definition) is 3. The van der Waals surface area contributed by atoms with E-state index in [1.165, 1.54) is 0 Å². The van der Waals surface area contributed by atoms with Gasteiger partial charge < -0.3 is 0 Å². The highest BCUT2D eigenvalue weighted by Gasteiger charge is 2.20. The van der Waals surface area contributed by atoms with E-state index in [9.17, 15) is 0 Å². The van der Waals surface area contributed by atoms with Crippen LogP contribution in [0.25, 0.3) is 0 Å². The predicted octanol–water partition coefficient (Wildman–Crippen LogP) is -0.439. The molecule has 0 saturated carbocycles. The largest absolute Gasteiger partial charge is 0.237 e. The Hall–Kier alpha value is -0.865. The third kappa shape index (κ3) is 1.58. The molecular formula is C6H13BN4. The van der Waals surface area contributed by atoms with Crippen LogP contribution in [0, 0.1) is 0 Å². The van der Waals surface area contributed by atoms with Crippen LogP contribution >= 0.6 is 0 Å². The zero-order chi connectivity index (χ0) is 8.48. The SMILES string of the molecule is BCn1nnnc1C(C)(C)C. The average Bonchev–Trinajstić information content (AvgIpc) is 2.31. The molecule has 0 aromatic carbocycles. The summed E-state index contributed by atoms with van der Waals surface area (Å²) in [5.41, 5.74) is 0.0412. The van der Waals surface area contributed by atoms with Crippen molar-refractivity contribution >= 4 is 7.85 Å². The Morgan fingerprint density at radius 2 is 2.09 bits per heavy atom. The topological polar surface area (TPSA) is 43.6 Å². The Kier molecular flexibility index (Phi) is 1.98. The second-order valence-corrected chi connectivity index (χ2v) is 3.57. The molecule has 1 aromatic heterocycles. The first-order valence-corrected chi connectivity index (χ1v) is 3.82. The summed E-state index contributed by atoms with van der Waals surface area (Å²) in [6, 6.07) is 0. The fraction of sp³-hybridized carbons (Fsp3) is 0.833. The standard InChI is InChI=1S/C6H13BN4/c1-6(2,3)5-8-9-10-11(5)4-7/h4,7H2,1-3H3. The lowest BCUT2D eigenvalue weighted by Gasteiger charge is -2.15. The highest BCUT2D eigenvalue weighted by molar-refractivity contribution is 6.06. The maximum Gasteiger partial charge on any atom is 0.155 e. The molecule has 11 heavy (non-hydrogen) atoms. The summed E-state index contributed by atoms with van der Waals surface area (Å²) in [4.78, 5) is 0. The molecule has 0 N–H and O–H groups in total. The van der Waals surface area contributed by atoms with Gasteiger partial charge in [-0.25, -0.2) is 4.68 Å². The summed E-state index contributed by atoms with van der Waals surface area (Å²) in [6.07, 6.45) is 0.833. The minimum absolute atomic E-state index is 0.0412. The van der Waals surface area contributed by atoms with Crippen LogP contribution < -0.4 is 0 Å². The zero-order valence-electron chi connectivity index (χ0n) is 7.50. The molecule has 1 aromatic rings. The van der Waals surface area contributed by atoms with Crippen LogP contribution in [0.3, 0.4) is 0 Å². The van der Waals surface area contributed by atoms with E-state index in [1.807, 2.05) is 12.5 Å². The highest BCUT2D eigenvalue weighted by atomic mass is 15.5. The van der Waals surface area contributed by atoms with E-state index < -0.39 is 0 Å². The van der Waals surface area contributed by atoms with Gasteiger partial charge in [-0.05, 0) is 10.4 Å². The maximum absolute atomic E-state index is 3.96. The molecule has 0 atom stereocenters. The number of aromatic nitrogens is 4. The van der Waals surface area contributed by atoms with Crippen molar-refractivity contribution < 1.29 is 0 Å². The van der Waals surface area contributed by atoms with Crippen LogP contribution in [-0.4, -0.2) is 28.1 Å². The molecule has 0 fully saturated rings. The molecule has 5 heteroatoms. The van der Waals surface area contributed by atoms with Gasteiger partial charge in [0, 0.05) is 11.9 Å². The van der Waals surface area contributed by atoms with Crippen LogP contribution in [0.4, 0.5) is 0 Å². The van der Waals surface area contributed by atoms with E-state index in [-0.39, 0.29) is 5.41 Å². The van der Waals surface area contributed by atoms with Crippen molar-refractivity contribution in [3.63, 3.8) is 0 Å². The highest BCUT2D eigenvalue weighted by Crippen LogP contribution is 2.17. The molecule has 1 heterocycles. The smallest absolute Gasteiger partial charge is 0.155 e. The Morgan fingerprint density at radius 1 is 1.45 bits per heavy atom. The van der Waals surface area contributed by atoms with Crippen molar-refractivity contribution in [3.05, 3.63) is 5.82 Å². The van der Waals surface area contributed by atoms with E-state index in [2.05, 4.69) is 36.3 Å². The maximum atomic E-state index is 3.96. The lowest BCUT2D eigenvalue weighted by Crippen LogP contribution is -2.19. The van der Waals surface area contributed by atoms with Crippen LogP contribution in [0.5, 0.6) is 0 Å². The lowest BCUT2D eigenvalue weighted by atomic mass is 9.95. The van der Waals surface area contributed by atoms with Gasteiger partial charge >= 0.3 is 0 Å². The molecule has 0 saturated heterocycles. The number of hydrogen-bond donors (Lipinski definition) is 0. The molecule has 0 bridgehead atoms. The third-order valence-electron chi connectivity index (χ3n) is 1.50. The monoisotopic (exact) mass is 152 g/mol. The van der Waals surface area contributed by atoms with Gasteiger partial charge in [-0.15, -0.1) is 5.10 Å². The van der Waals surface area contributed by atoms with Crippen LogP contribution in [0.1, 0.15) is 26.6 Å². The fourth-order valence-electron chi connectivity index (χ4n) is 0.955. The quantitative estimate of drug-likeness (QED) is 0.512. The van der Waals surface area contributed by atoms with Crippen molar-refractivity contribution in [1.82, 2.24) is 20.2 Å². The Labute approximate surface area is 67.4 Å². The van der Waals surface area contributed by atoms with Crippen molar-refractivity contribution in [2.75, 3.05) is 0 Å². The summed E-state index contributed by atoms with van der Waals surface area (Å²) < 4.78 is 1.82. The molecule has 1 rings (SSSR count). The lowest BCUT2D eigenvalue weighted by molar-refractivity contribution is 0.502. The summed E-state index contributed by atoms with van der Waals surface area (Å²) in [7, 11) is 2.03. The molecule has 4 nitrogen and oxygen atoms in total. The van der Waals surface area contributed by atoms with Crippen molar-refractivity contribution in [3.8, 4) is 0 Å². The third-order valence-corrected chi connectivity index (χ3v) is 1.50.